The normalized spacial score (nSPS) is 23.9. The number of amides is 1. The first-order chi connectivity index (χ1) is 18.9. The smallest absolute Gasteiger partial charge is 0.410 e. The molecule has 2 aromatic carbocycles. The Balaban J connectivity index is 1.37. The van der Waals surface area contributed by atoms with Crippen LogP contribution in [0.5, 0.6) is 5.75 Å². The summed E-state index contributed by atoms with van der Waals surface area (Å²) in [5.74, 6) is 0.420. The molecular formula is C33H43NO5. The largest absolute Gasteiger partial charge is 0.492 e. The highest BCUT2D eigenvalue weighted by molar-refractivity contribution is 5.75. The van der Waals surface area contributed by atoms with Crippen molar-refractivity contribution >= 4 is 12.1 Å². The molecule has 1 saturated heterocycles. The average molecular weight is 534 g/mol. The fourth-order valence-corrected chi connectivity index (χ4v) is 7.83. The first-order valence-electron chi connectivity index (χ1n) is 14.9. The van der Waals surface area contributed by atoms with E-state index in [0.717, 1.165) is 49.8 Å². The molecule has 0 aromatic heterocycles. The van der Waals surface area contributed by atoms with Crippen LogP contribution in [0.2, 0.25) is 0 Å². The van der Waals surface area contributed by atoms with Gasteiger partial charge in [0.05, 0.1) is 0 Å². The number of likely N-dealkylation sites (tertiary alicyclic amines) is 1. The minimum absolute atomic E-state index is 0.0444. The fraction of sp³-hybridized carbons (Fsp3) is 0.576. The van der Waals surface area contributed by atoms with Crippen LogP contribution in [0.15, 0.2) is 48.5 Å². The molecule has 1 saturated carbocycles. The number of carboxylic acid groups (broad SMARTS) is 1. The van der Waals surface area contributed by atoms with E-state index < -0.39 is 11.4 Å². The van der Waals surface area contributed by atoms with Crippen molar-refractivity contribution < 1.29 is 24.2 Å². The molecule has 0 spiro atoms. The Morgan fingerprint density at radius 2 is 1.82 bits per heavy atom. The lowest BCUT2D eigenvalue weighted by molar-refractivity contribution is -0.152. The van der Waals surface area contributed by atoms with Crippen LogP contribution >= 0.6 is 0 Å². The van der Waals surface area contributed by atoms with Gasteiger partial charge >= 0.3 is 12.1 Å². The highest BCUT2D eigenvalue weighted by Crippen LogP contribution is 2.56. The second kappa shape index (κ2) is 11.6. The zero-order valence-electron chi connectivity index (χ0n) is 23.5. The van der Waals surface area contributed by atoms with Crippen LogP contribution in [0.25, 0.3) is 0 Å². The number of carbonyl (C=O) groups excluding carboxylic acids is 1. The van der Waals surface area contributed by atoms with E-state index in [2.05, 4.69) is 12.1 Å². The van der Waals surface area contributed by atoms with Crippen molar-refractivity contribution in [2.24, 2.45) is 11.3 Å². The van der Waals surface area contributed by atoms with Crippen LogP contribution in [-0.4, -0.2) is 41.3 Å². The predicted octanol–water partition coefficient (Wildman–Crippen LogP) is 7.13. The minimum Gasteiger partial charge on any atom is -0.492 e. The maximum atomic E-state index is 13.3. The van der Waals surface area contributed by atoms with Crippen LogP contribution < -0.4 is 4.74 Å². The Morgan fingerprint density at radius 1 is 1.05 bits per heavy atom. The minimum atomic E-state index is -0.846. The number of ether oxygens (including phenoxy) is 2. The molecule has 39 heavy (non-hydrogen) atoms. The number of carboxylic acids is 1. The number of hydrogen-bond acceptors (Lipinski definition) is 4. The van der Waals surface area contributed by atoms with E-state index in [9.17, 15) is 14.7 Å². The van der Waals surface area contributed by atoms with Gasteiger partial charge in [-0.1, -0.05) is 75.9 Å². The molecule has 1 N–H and O–H groups in total. The number of hydrogen-bond donors (Lipinski definition) is 1. The summed E-state index contributed by atoms with van der Waals surface area (Å²) in [6.45, 7) is 5.27. The van der Waals surface area contributed by atoms with E-state index in [0.29, 0.717) is 31.9 Å². The van der Waals surface area contributed by atoms with Gasteiger partial charge in [0, 0.05) is 18.0 Å². The zero-order valence-corrected chi connectivity index (χ0v) is 23.5. The van der Waals surface area contributed by atoms with Crippen LogP contribution in [0.4, 0.5) is 4.79 Å². The van der Waals surface area contributed by atoms with E-state index in [1.54, 1.807) is 0 Å². The molecule has 210 valence electrons. The van der Waals surface area contributed by atoms with Gasteiger partial charge in [-0.15, -0.1) is 0 Å². The molecule has 0 unspecified atom stereocenters. The molecular weight excluding hydrogens is 490 g/mol. The number of fused-ring (bicyclic) bond motifs is 1. The number of rotatable bonds is 10. The quantitative estimate of drug-likeness (QED) is 0.352. The molecule has 3 atom stereocenters. The van der Waals surface area contributed by atoms with Crippen LogP contribution in [0, 0.1) is 11.3 Å². The summed E-state index contributed by atoms with van der Waals surface area (Å²) in [5.41, 5.74) is 2.86. The molecule has 2 aromatic rings. The van der Waals surface area contributed by atoms with Crippen molar-refractivity contribution in [3.63, 3.8) is 0 Å². The number of nitrogens with zero attached hydrogens (tertiary/aromatic N) is 1. The predicted molar refractivity (Wildman–Crippen MR) is 151 cm³/mol. The molecule has 1 aliphatic heterocycles. The van der Waals surface area contributed by atoms with Crippen LogP contribution in [-0.2, 0) is 28.0 Å². The third-order valence-electron chi connectivity index (χ3n) is 9.67. The Hall–Kier alpha value is -3.02. The van der Waals surface area contributed by atoms with Gasteiger partial charge in [0.25, 0.3) is 0 Å². The maximum Gasteiger partial charge on any atom is 0.410 e. The lowest BCUT2D eigenvalue weighted by atomic mass is 9.52. The molecule has 3 aliphatic rings. The van der Waals surface area contributed by atoms with Gasteiger partial charge in [-0.25, -0.2) is 4.79 Å². The van der Waals surface area contributed by atoms with E-state index in [4.69, 9.17) is 9.47 Å². The summed E-state index contributed by atoms with van der Waals surface area (Å²) in [6.07, 6.45) is 9.04. The van der Waals surface area contributed by atoms with Gasteiger partial charge in [0.1, 0.15) is 24.4 Å². The SMILES string of the molecule is CCCC(CCC)(COc1ccc2c(c1)[C@@]13CCCC[C@H]1[C@@H](C2)N(C(=O)OCc1ccccc1)CC3)C(=O)O. The number of piperidine rings is 1. The standard InChI is InChI=1S/C33H43NO5/c1-3-15-32(16-4-2,30(35)36)23-39-26-14-13-25-20-29-27-12-8-9-17-33(27,28(25)21-26)18-19-34(29)31(37)38-22-24-10-6-5-7-11-24/h5-7,10-11,13-14,21,27,29H,3-4,8-9,12,15-20,22-23H2,1-2H3,(H,35,36)/t27-,29+,33+/m0/s1. The van der Waals surface area contributed by atoms with Crippen molar-refractivity contribution in [3.8, 4) is 5.75 Å². The molecule has 1 heterocycles. The summed E-state index contributed by atoms with van der Waals surface area (Å²) < 4.78 is 12.1. The van der Waals surface area contributed by atoms with Crippen molar-refractivity contribution in [1.29, 1.82) is 0 Å². The Morgan fingerprint density at radius 3 is 2.54 bits per heavy atom. The van der Waals surface area contributed by atoms with E-state index in [-0.39, 0.29) is 24.2 Å². The molecule has 1 amide bonds. The number of carbonyl (C=O) groups is 2. The van der Waals surface area contributed by atoms with Gasteiger partial charge in [0.15, 0.2) is 0 Å². The lowest BCUT2D eigenvalue weighted by Crippen LogP contribution is -2.62. The topological polar surface area (TPSA) is 76.1 Å². The lowest BCUT2D eigenvalue weighted by Gasteiger charge is -2.58. The number of aliphatic carboxylic acids is 1. The van der Waals surface area contributed by atoms with Crippen molar-refractivity contribution in [1.82, 2.24) is 4.90 Å². The van der Waals surface area contributed by atoms with Gasteiger partial charge in [-0.05, 0) is 73.3 Å². The number of benzene rings is 2. The van der Waals surface area contributed by atoms with E-state index >= 15 is 0 Å². The zero-order chi connectivity index (χ0) is 27.5. The average Bonchev–Trinajstić information content (AvgIpc) is 2.95. The summed E-state index contributed by atoms with van der Waals surface area (Å²) in [5, 5.41) is 10.1. The highest BCUT2D eigenvalue weighted by atomic mass is 16.6. The summed E-state index contributed by atoms with van der Waals surface area (Å²) in [6, 6.07) is 16.4. The Labute approximate surface area is 232 Å². The molecule has 2 bridgehead atoms. The van der Waals surface area contributed by atoms with Crippen molar-refractivity contribution in [2.45, 2.75) is 96.1 Å². The van der Waals surface area contributed by atoms with Crippen molar-refractivity contribution in [3.05, 3.63) is 65.2 Å². The molecule has 6 heteroatoms. The summed E-state index contributed by atoms with van der Waals surface area (Å²) >= 11 is 0. The first kappa shape index (κ1) is 27.5. The Kier molecular flexibility index (Phi) is 8.20. The monoisotopic (exact) mass is 533 g/mol. The van der Waals surface area contributed by atoms with Gasteiger partial charge in [0.2, 0.25) is 0 Å². The Bertz CT molecular complexity index is 1160. The molecule has 0 radical (unpaired) electrons. The molecule has 2 aliphatic carbocycles. The fourth-order valence-electron chi connectivity index (χ4n) is 7.83. The summed E-state index contributed by atoms with van der Waals surface area (Å²) in [4.78, 5) is 27.6. The van der Waals surface area contributed by atoms with Gasteiger partial charge in [-0.3, -0.25) is 4.79 Å². The van der Waals surface area contributed by atoms with Gasteiger partial charge < -0.3 is 19.5 Å². The van der Waals surface area contributed by atoms with Crippen LogP contribution in [0.1, 0.15) is 88.3 Å². The second-order valence-corrected chi connectivity index (χ2v) is 12.0. The van der Waals surface area contributed by atoms with Crippen molar-refractivity contribution in [2.75, 3.05) is 13.2 Å². The molecule has 2 fully saturated rings. The maximum absolute atomic E-state index is 13.3. The van der Waals surface area contributed by atoms with E-state index in [1.165, 1.54) is 24.0 Å². The van der Waals surface area contributed by atoms with E-state index in [1.807, 2.05) is 55.1 Å². The third kappa shape index (κ3) is 5.27. The van der Waals surface area contributed by atoms with Gasteiger partial charge in [-0.2, -0.15) is 0 Å². The molecule has 5 rings (SSSR count). The summed E-state index contributed by atoms with van der Waals surface area (Å²) in [7, 11) is 0. The second-order valence-electron chi connectivity index (χ2n) is 12.0. The third-order valence-corrected chi connectivity index (χ3v) is 9.67. The first-order valence-corrected chi connectivity index (χ1v) is 14.9. The van der Waals surface area contributed by atoms with Crippen LogP contribution in [0.3, 0.4) is 0 Å². The highest BCUT2D eigenvalue weighted by Gasteiger charge is 2.55. The molecule has 6 nitrogen and oxygen atoms in total.